The second-order valence-electron chi connectivity index (χ2n) is 5.66. The number of carbonyl (C=O) groups excluding carboxylic acids is 1. The lowest BCUT2D eigenvalue weighted by molar-refractivity contribution is -0.130. The molecule has 2 fully saturated rings. The van der Waals surface area contributed by atoms with Gasteiger partial charge in [0.05, 0.1) is 6.04 Å². The summed E-state index contributed by atoms with van der Waals surface area (Å²) in [7, 11) is 0. The maximum atomic E-state index is 12.6. The third-order valence-corrected chi connectivity index (χ3v) is 5.49. The van der Waals surface area contributed by atoms with Crippen LogP contribution < -0.4 is 5.32 Å². The van der Waals surface area contributed by atoms with Gasteiger partial charge >= 0.3 is 0 Å². The molecule has 4 heteroatoms. The maximum Gasteiger partial charge on any atom is 0.241 e. The van der Waals surface area contributed by atoms with Gasteiger partial charge in [0.1, 0.15) is 6.17 Å². The number of benzene rings is 1. The molecule has 0 spiro atoms. The molecule has 2 saturated heterocycles. The van der Waals surface area contributed by atoms with E-state index in [2.05, 4.69) is 29.3 Å². The fourth-order valence-corrected chi connectivity index (χ4v) is 4.36. The van der Waals surface area contributed by atoms with Gasteiger partial charge in [0.15, 0.2) is 0 Å². The van der Waals surface area contributed by atoms with Crippen molar-refractivity contribution in [2.45, 2.75) is 32.0 Å². The molecule has 3 rings (SSSR count). The Bertz CT molecular complexity index is 459. The minimum atomic E-state index is -0.0192. The van der Waals surface area contributed by atoms with Crippen LogP contribution in [-0.2, 0) is 4.79 Å². The second-order valence-corrected chi connectivity index (χ2v) is 6.81. The Morgan fingerprint density at radius 1 is 1.35 bits per heavy atom. The van der Waals surface area contributed by atoms with Crippen molar-refractivity contribution in [2.75, 3.05) is 18.1 Å². The highest BCUT2D eigenvalue weighted by Crippen LogP contribution is 2.31. The molecule has 108 valence electrons. The van der Waals surface area contributed by atoms with E-state index in [-0.39, 0.29) is 18.1 Å². The maximum absolute atomic E-state index is 12.6. The molecule has 0 aliphatic carbocycles. The normalized spacial score (nSPS) is 30.1. The Kier molecular flexibility index (Phi) is 4.32. The highest BCUT2D eigenvalue weighted by Gasteiger charge is 2.39. The van der Waals surface area contributed by atoms with Gasteiger partial charge in [0.25, 0.3) is 0 Å². The summed E-state index contributed by atoms with van der Waals surface area (Å²) >= 11 is 2.01. The lowest BCUT2D eigenvalue weighted by atomic mass is 10.1. The van der Waals surface area contributed by atoms with E-state index in [1.54, 1.807) is 0 Å². The topological polar surface area (TPSA) is 32.3 Å². The highest BCUT2D eigenvalue weighted by molar-refractivity contribution is 7.99. The third kappa shape index (κ3) is 2.72. The van der Waals surface area contributed by atoms with Crippen LogP contribution in [0.25, 0.3) is 0 Å². The number of thioether (sulfide) groups is 1. The minimum absolute atomic E-state index is 0.0192. The standard InChI is InChI=1S/C16H22N2OS/c1-2-14-16(19)18(10-12-8-9-20-11-12)15(17-14)13-6-4-3-5-7-13/h3-7,12,14-15,17H,2,8-11H2,1H3. The Labute approximate surface area is 125 Å². The van der Waals surface area contributed by atoms with Gasteiger partial charge in [0.2, 0.25) is 5.91 Å². The van der Waals surface area contributed by atoms with Gasteiger partial charge < -0.3 is 4.90 Å². The Balaban J connectivity index is 1.80. The first-order valence-corrected chi connectivity index (χ1v) is 8.64. The van der Waals surface area contributed by atoms with Gasteiger partial charge in [-0.2, -0.15) is 11.8 Å². The van der Waals surface area contributed by atoms with E-state index in [9.17, 15) is 4.79 Å². The number of amides is 1. The molecular formula is C16H22N2OS. The summed E-state index contributed by atoms with van der Waals surface area (Å²) in [5, 5.41) is 3.50. The lowest BCUT2D eigenvalue weighted by Gasteiger charge is -2.27. The molecule has 0 bridgehead atoms. The fraction of sp³-hybridized carbons (Fsp3) is 0.562. The lowest BCUT2D eigenvalue weighted by Crippen LogP contribution is -2.35. The van der Waals surface area contributed by atoms with Gasteiger partial charge in [-0.1, -0.05) is 37.3 Å². The largest absolute Gasteiger partial charge is 0.321 e. The molecular weight excluding hydrogens is 268 g/mol. The molecule has 3 nitrogen and oxygen atoms in total. The summed E-state index contributed by atoms with van der Waals surface area (Å²) < 4.78 is 0. The van der Waals surface area contributed by atoms with E-state index in [0.29, 0.717) is 5.92 Å². The molecule has 1 amide bonds. The monoisotopic (exact) mass is 290 g/mol. The van der Waals surface area contributed by atoms with Crippen molar-refractivity contribution in [3.05, 3.63) is 35.9 Å². The van der Waals surface area contributed by atoms with Gasteiger partial charge in [-0.3, -0.25) is 10.1 Å². The van der Waals surface area contributed by atoms with Crippen LogP contribution in [0.5, 0.6) is 0 Å². The number of nitrogens with zero attached hydrogens (tertiary/aromatic N) is 1. The Morgan fingerprint density at radius 2 is 2.15 bits per heavy atom. The SMILES string of the molecule is CCC1NC(c2ccccc2)N(CC2CCSC2)C1=O. The first-order chi connectivity index (χ1) is 9.79. The van der Waals surface area contributed by atoms with Crippen molar-refractivity contribution in [2.24, 2.45) is 5.92 Å². The smallest absolute Gasteiger partial charge is 0.241 e. The summed E-state index contributed by atoms with van der Waals surface area (Å²) in [6.07, 6.45) is 2.16. The first kappa shape index (κ1) is 14.0. The van der Waals surface area contributed by atoms with Gasteiger partial charge in [-0.05, 0) is 35.8 Å². The summed E-state index contributed by atoms with van der Waals surface area (Å²) in [6, 6.07) is 10.3. The third-order valence-electron chi connectivity index (χ3n) is 4.25. The quantitative estimate of drug-likeness (QED) is 0.925. The fourth-order valence-electron chi connectivity index (χ4n) is 3.08. The molecule has 0 saturated carbocycles. The van der Waals surface area contributed by atoms with E-state index in [1.807, 2.05) is 30.0 Å². The van der Waals surface area contributed by atoms with Crippen molar-refractivity contribution in [1.82, 2.24) is 10.2 Å². The zero-order valence-corrected chi connectivity index (χ0v) is 12.7. The van der Waals surface area contributed by atoms with Crippen LogP contribution in [0.4, 0.5) is 0 Å². The molecule has 2 aliphatic rings. The number of nitrogens with one attached hydrogen (secondary N) is 1. The highest BCUT2D eigenvalue weighted by atomic mass is 32.2. The molecule has 20 heavy (non-hydrogen) atoms. The number of rotatable bonds is 4. The number of hydrogen-bond acceptors (Lipinski definition) is 3. The summed E-state index contributed by atoms with van der Waals surface area (Å²) in [5.41, 5.74) is 1.20. The Hall–Kier alpha value is -1.00. The molecule has 2 heterocycles. The van der Waals surface area contributed by atoms with Crippen molar-refractivity contribution < 1.29 is 4.79 Å². The number of hydrogen-bond donors (Lipinski definition) is 1. The van der Waals surface area contributed by atoms with Crippen LogP contribution >= 0.6 is 11.8 Å². The van der Waals surface area contributed by atoms with E-state index in [0.717, 1.165) is 13.0 Å². The van der Waals surface area contributed by atoms with E-state index in [1.165, 1.54) is 23.5 Å². The van der Waals surface area contributed by atoms with Crippen molar-refractivity contribution in [3.8, 4) is 0 Å². The zero-order valence-electron chi connectivity index (χ0n) is 11.9. The van der Waals surface area contributed by atoms with Crippen molar-refractivity contribution >= 4 is 17.7 Å². The summed E-state index contributed by atoms with van der Waals surface area (Å²) in [4.78, 5) is 14.6. The van der Waals surface area contributed by atoms with E-state index < -0.39 is 0 Å². The first-order valence-electron chi connectivity index (χ1n) is 7.48. The molecule has 1 N–H and O–H groups in total. The van der Waals surface area contributed by atoms with Crippen LogP contribution in [0.15, 0.2) is 30.3 Å². The van der Waals surface area contributed by atoms with Crippen LogP contribution in [0.2, 0.25) is 0 Å². The molecule has 0 aromatic heterocycles. The van der Waals surface area contributed by atoms with Gasteiger partial charge in [0, 0.05) is 6.54 Å². The molecule has 3 unspecified atom stereocenters. The molecule has 3 atom stereocenters. The molecule has 1 aromatic carbocycles. The predicted molar refractivity (Wildman–Crippen MR) is 83.5 cm³/mol. The minimum Gasteiger partial charge on any atom is -0.321 e. The number of carbonyl (C=O) groups is 1. The average molecular weight is 290 g/mol. The van der Waals surface area contributed by atoms with Gasteiger partial charge in [-0.25, -0.2) is 0 Å². The zero-order chi connectivity index (χ0) is 13.9. The summed E-state index contributed by atoms with van der Waals surface area (Å²) in [6.45, 7) is 2.97. The summed E-state index contributed by atoms with van der Waals surface area (Å²) in [5.74, 6) is 3.38. The molecule has 2 aliphatic heterocycles. The molecule has 0 radical (unpaired) electrons. The van der Waals surface area contributed by atoms with Crippen molar-refractivity contribution in [3.63, 3.8) is 0 Å². The Morgan fingerprint density at radius 3 is 2.80 bits per heavy atom. The van der Waals surface area contributed by atoms with Crippen molar-refractivity contribution in [1.29, 1.82) is 0 Å². The van der Waals surface area contributed by atoms with Gasteiger partial charge in [-0.15, -0.1) is 0 Å². The van der Waals surface area contributed by atoms with Crippen LogP contribution in [0, 0.1) is 5.92 Å². The molecule has 1 aromatic rings. The van der Waals surface area contributed by atoms with E-state index in [4.69, 9.17) is 0 Å². The van der Waals surface area contributed by atoms with Crippen LogP contribution in [0.1, 0.15) is 31.5 Å². The average Bonchev–Trinajstić information content (AvgIpc) is 3.10. The predicted octanol–water partition coefficient (Wildman–Crippen LogP) is 2.65. The second kappa shape index (κ2) is 6.19. The van der Waals surface area contributed by atoms with Crippen LogP contribution in [0.3, 0.4) is 0 Å². The van der Waals surface area contributed by atoms with Crippen LogP contribution in [-0.4, -0.2) is 34.9 Å². The van der Waals surface area contributed by atoms with E-state index >= 15 is 0 Å².